The highest BCUT2D eigenvalue weighted by molar-refractivity contribution is 5.97. The molecule has 1 aromatic carbocycles. The molecule has 0 aliphatic carbocycles. The molecule has 0 unspecified atom stereocenters. The minimum absolute atomic E-state index is 0.0401. The maximum atomic E-state index is 13.1. The molecule has 4 rings (SSSR count). The summed E-state index contributed by atoms with van der Waals surface area (Å²) in [5.74, 6) is 0.112. The molecule has 2 aliphatic heterocycles. The number of carbonyl (C=O) groups excluding carboxylic acids is 2. The molecular formula is C22H29N5O2. The van der Waals surface area contributed by atoms with Gasteiger partial charge in [-0.2, -0.15) is 0 Å². The van der Waals surface area contributed by atoms with Crippen molar-refractivity contribution in [2.75, 3.05) is 33.2 Å². The van der Waals surface area contributed by atoms with Crippen LogP contribution in [-0.4, -0.2) is 64.4 Å². The number of nitrogens with one attached hydrogen (secondary N) is 1. The van der Waals surface area contributed by atoms with Crippen molar-refractivity contribution in [1.82, 2.24) is 24.7 Å². The Morgan fingerprint density at radius 2 is 1.83 bits per heavy atom. The van der Waals surface area contributed by atoms with Crippen LogP contribution in [0, 0.1) is 6.92 Å². The molecule has 2 amide bonds. The lowest BCUT2D eigenvalue weighted by atomic mass is 10.1. The predicted molar refractivity (Wildman–Crippen MR) is 111 cm³/mol. The summed E-state index contributed by atoms with van der Waals surface area (Å²) in [5, 5.41) is 2.99. The first-order chi connectivity index (χ1) is 14.0. The molecule has 7 nitrogen and oxygen atoms in total. The normalized spacial score (nSPS) is 17.1. The van der Waals surface area contributed by atoms with E-state index in [1.54, 1.807) is 0 Å². The summed E-state index contributed by atoms with van der Waals surface area (Å²) in [5.41, 5.74) is 3.61. The lowest BCUT2D eigenvalue weighted by Gasteiger charge is -2.32. The lowest BCUT2D eigenvalue weighted by Crippen LogP contribution is -2.47. The monoisotopic (exact) mass is 395 g/mol. The smallest absolute Gasteiger partial charge is 0.287 e. The van der Waals surface area contributed by atoms with E-state index in [4.69, 9.17) is 0 Å². The number of imidazole rings is 1. The van der Waals surface area contributed by atoms with Crippen molar-refractivity contribution in [3.8, 4) is 0 Å². The van der Waals surface area contributed by atoms with Crippen LogP contribution < -0.4 is 5.32 Å². The van der Waals surface area contributed by atoms with Gasteiger partial charge < -0.3 is 19.7 Å². The minimum Gasteiger partial charge on any atom is -0.345 e. The Bertz CT molecular complexity index is 912. The Morgan fingerprint density at radius 3 is 2.59 bits per heavy atom. The van der Waals surface area contributed by atoms with E-state index in [9.17, 15) is 9.59 Å². The number of fused-ring (bicyclic) bond motifs is 1. The van der Waals surface area contributed by atoms with Crippen LogP contribution in [0.3, 0.4) is 0 Å². The van der Waals surface area contributed by atoms with Crippen molar-refractivity contribution in [3.05, 3.63) is 52.6 Å². The number of carbonyl (C=O) groups is 2. The highest BCUT2D eigenvalue weighted by atomic mass is 16.2. The molecule has 1 fully saturated rings. The first kappa shape index (κ1) is 19.6. The first-order valence-electron chi connectivity index (χ1n) is 10.4. The van der Waals surface area contributed by atoms with Gasteiger partial charge in [-0.05, 0) is 44.4 Å². The zero-order valence-corrected chi connectivity index (χ0v) is 17.3. The molecular weight excluding hydrogens is 366 g/mol. The van der Waals surface area contributed by atoms with Gasteiger partial charge in [-0.3, -0.25) is 9.59 Å². The number of benzene rings is 1. The van der Waals surface area contributed by atoms with Gasteiger partial charge in [-0.25, -0.2) is 4.98 Å². The van der Waals surface area contributed by atoms with Crippen LogP contribution in [0.25, 0.3) is 0 Å². The Balaban J connectivity index is 1.55. The summed E-state index contributed by atoms with van der Waals surface area (Å²) in [7, 11) is 2.07. The predicted octanol–water partition coefficient (Wildman–Crippen LogP) is 1.85. The third-order valence-corrected chi connectivity index (χ3v) is 6.01. The van der Waals surface area contributed by atoms with Crippen molar-refractivity contribution >= 4 is 11.8 Å². The summed E-state index contributed by atoms with van der Waals surface area (Å²) in [6, 6.07) is 8.01. The van der Waals surface area contributed by atoms with E-state index < -0.39 is 0 Å². The molecule has 2 aromatic rings. The average Bonchev–Trinajstić information content (AvgIpc) is 3.13. The number of hydrogen-bond donors (Lipinski definition) is 1. The SMILES string of the molecule is Cc1ccccc1CNC(=O)c1nc(C(=O)N2CCN(C)CC2)c2n1CCCC2. The molecule has 2 aliphatic rings. The van der Waals surface area contributed by atoms with Crippen LogP contribution in [0.5, 0.6) is 0 Å². The maximum Gasteiger partial charge on any atom is 0.287 e. The third kappa shape index (κ3) is 4.05. The second-order valence-corrected chi connectivity index (χ2v) is 8.04. The Labute approximate surface area is 171 Å². The van der Waals surface area contributed by atoms with Gasteiger partial charge >= 0.3 is 0 Å². The van der Waals surface area contributed by atoms with Gasteiger partial charge in [-0.1, -0.05) is 24.3 Å². The number of aromatic nitrogens is 2. The summed E-state index contributed by atoms with van der Waals surface area (Å²) in [6.45, 7) is 6.37. The van der Waals surface area contributed by atoms with Crippen LogP contribution in [-0.2, 0) is 19.5 Å². The molecule has 7 heteroatoms. The molecule has 1 aromatic heterocycles. The standard InChI is InChI=1S/C22H29N5O2/c1-16-7-3-4-8-17(16)15-23-21(28)20-24-19(18-9-5-6-10-27(18)20)22(29)26-13-11-25(2)12-14-26/h3-4,7-8H,5-6,9-15H2,1-2H3,(H,23,28). The van der Waals surface area contributed by atoms with E-state index in [1.807, 2.05) is 40.7 Å². The molecule has 0 atom stereocenters. The molecule has 3 heterocycles. The molecule has 0 spiro atoms. The zero-order chi connectivity index (χ0) is 20.4. The van der Waals surface area contributed by atoms with Gasteiger partial charge in [0.05, 0.1) is 5.69 Å². The largest absolute Gasteiger partial charge is 0.345 e. The van der Waals surface area contributed by atoms with E-state index in [-0.39, 0.29) is 11.8 Å². The fraction of sp³-hybridized carbons (Fsp3) is 0.500. The van der Waals surface area contributed by atoms with Gasteiger partial charge in [0.2, 0.25) is 0 Å². The number of aryl methyl sites for hydroxylation is 1. The summed E-state index contributed by atoms with van der Waals surface area (Å²) in [4.78, 5) is 34.7. The van der Waals surface area contributed by atoms with Crippen LogP contribution in [0.1, 0.15) is 50.8 Å². The summed E-state index contributed by atoms with van der Waals surface area (Å²) >= 11 is 0. The van der Waals surface area contributed by atoms with Gasteiger partial charge in [0, 0.05) is 39.3 Å². The molecule has 1 saturated heterocycles. The average molecular weight is 396 g/mol. The van der Waals surface area contributed by atoms with Crippen LogP contribution in [0.2, 0.25) is 0 Å². The van der Waals surface area contributed by atoms with Crippen molar-refractivity contribution in [2.24, 2.45) is 0 Å². The molecule has 1 N–H and O–H groups in total. The highest BCUT2D eigenvalue weighted by Gasteiger charge is 2.30. The van der Waals surface area contributed by atoms with E-state index in [0.717, 1.165) is 55.7 Å². The molecule has 0 saturated carbocycles. The number of likely N-dealkylation sites (N-methyl/N-ethyl adjacent to an activating group) is 1. The third-order valence-electron chi connectivity index (χ3n) is 6.01. The second kappa shape index (κ2) is 8.37. The van der Waals surface area contributed by atoms with Crippen LogP contribution in [0.4, 0.5) is 0 Å². The topological polar surface area (TPSA) is 70.5 Å². The lowest BCUT2D eigenvalue weighted by molar-refractivity contribution is 0.0657. The van der Waals surface area contributed by atoms with Gasteiger partial charge in [-0.15, -0.1) is 0 Å². The van der Waals surface area contributed by atoms with Crippen molar-refractivity contribution in [2.45, 2.75) is 39.3 Å². The van der Waals surface area contributed by atoms with E-state index >= 15 is 0 Å². The summed E-state index contributed by atoms with van der Waals surface area (Å²) < 4.78 is 1.96. The number of hydrogen-bond acceptors (Lipinski definition) is 4. The maximum absolute atomic E-state index is 13.1. The number of piperazine rings is 1. The Kier molecular flexibility index (Phi) is 5.67. The van der Waals surface area contributed by atoms with Crippen LogP contribution >= 0.6 is 0 Å². The minimum atomic E-state index is -0.214. The summed E-state index contributed by atoms with van der Waals surface area (Å²) in [6.07, 6.45) is 2.83. The number of amides is 2. The zero-order valence-electron chi connectivity index (χ0n) is 17.3. The fourth-order valence-corrected chi connectivity index (χ4v) is 4.11. The fourth-order valence-electron chi connectivity index (χ4n) is 4.11. The first-order valence-corrected chi connectivity index (χ1v) is 10.4. The van der Waals surface area contributed by atoms with Crippen molar-refractivity contribution in [1.29, 1.82) is 0 Å². The molecule has 0 radical (unpaired) electrons. The quantitative estimate of drug-likeness (QED) is 0.858. The molecule has 29 heavy (non-hydrogen) atoms. The number of rotatable bonds is 4. The van der Waals surface area contributed by atoms with Gasteiger partial charge in [0.1, 0.15) is 5.69 Å². The van der Waals surface area contributed by atoms with E-state index in [1.165, 1.54) is 0 Å². The van der Waals surface area contributed by atoms with Crippen molar-refractivity contribution < 1.29 is 9.59 Å². The highest BCUT2D eigenvalue weighted by Crippen LogP contribution is 2.23. The van der Waals surface area contributed by atoms with Crippen LogP contribution in [0.15, 0.2) is 24.3 Å². The van der Waals surface area contributed by atoms with E-state index in [2.05, 4.69) is 22.2 Å². The molecule has 0 bridgehead atoms. The number of nitrogens with zero attached hydrogens (tertiary/aromatic N) is 4. The Hall–Kier alpha value is -2.67. The second-order valence-electron chi connectivity index (χ2n) is 8.04. The van der Waals surface area contributed by atoms with E-state index in [0.29, 0.717) is 31.2 Å². The molecule has 154 valence electrons. The van der Waals surface area contributed by atoms with Gasteiger partial charge in [0.15, 0.2) is 5.82 Å². The van der Waals surface area contributed by atoms with Gasteiger partial charge in [0.25, 0.3) is 11.8 Å². The van der Waals surface area contributed by atoms with Crippen molar-refractivity contribution in [3.63, 3.8) is 0 Å². The Morgan fingerprint density at radius 1 is 1.07 bits per heavy atom.